The Labute approximate surface area is 77.5 Å². The van der Waals surface area contributed by atoms with Crippen molar-refractivity contribution in [1.29, 1.82) is 0 Å². The molecule has 1 aromatic carbocycles. The van der Waals surface area contributed by atoms with Crippen molar-refractivity contribution in [1.82, 2.24) is 0 Å². The molecule has 0 radical (unpaired) electrons. The highest BCUT2D eigenvalue weighted by atomic mass is 16.3. The van der Waals surface area contributed by atoms with Gasteiger partial charge < -0.3 is 19.7 Å². The maximum absolute atomic E-state index is 11.3. The van der Waals surface area contributed by atoms with Crippen molar-refractivity contribution in [3.63, 3.8) is 0 Å². The van der Waals surface area contributed by atoms with Crippen LogP contribution in [0.15, 0.2) is 27.6 Å². The van der Waals surface area contributed by atoms with Gasteiger partial charge in [0.05, 0.1) is 6.26 Å². The average Bonchev–Trinajstić information content (AvgIpc) is 2.14. The monoisotopic (exact) mass is 194 g/mol. The van der Waals surface area contributed by atoms with E-state index >= 15 is 0 Å². The normalized spacial score (nSPS) is 10.6. The van der Waals surface area contributed by atoms with Gasteiger partial charge in [-0.25, -0.2) is 0 Å². The smallest absolute Gasteiger partial charge is 0.196 e. The van der Waals surface area contributed by atoms with Crippen LogP contribution in [-0.2, 0) is 0 Å². The topological polar surface area (TPSA) is 90.9 Å². The van der Waals surface area contributed by atoms with Crippen LogP contribution < -0.4 is 5.43 Å². The summed E-state index contributed by atoms with van der Waals surface area (Å²) in [5.74, 6) is -1.55. The van der Waals surface area contributed by atoms with Crippen LogP contribution in [0.5, 0.6) is 17.2 Å². The molecule has 0 fully saturated rings. The Balaban J connectivity index is 3.11. The van der Waals surface area contributed by atoms with Gasteiger partial charge in [0.15, 0.2) is 28.3 Å². The second kappa shape index (κ2) is 2.66. The van der Waals surface area contributed by atoms with Crippen molar-refractivity contribution in [3.05, 3.63) is 28.6 Å². The molecule has 0 aliphatic rings. The minimum atomic E-state index is -0.591. The molecule has 0 atom stereocenters. The van der Waals surface area contributed by atoms with Gasteiger partial charge in [0.25, 0.3) is 0 Å². The fourth-order valence-corrected chi connectivity index (χ4v) is 1.22. The summed E-state index contributed by atoms with van der Waals surface area (Å²) in [5, 5.41) is 27.5. The Morgan fingerprint density at radius 2 is 1.86 bits per heavy atom. The van der Waals surface area contributed by atoms with Gasteiger partial charge in [0.1, 0.15) is 5.39 Å². The summed E-state index contributed by atoms with van der Waals surface area (Å²) in [6.45, 7) is 0. The lowest BCUT2D eigenvalue weighted by Gasteiger charge is -2.02. The Morgan fingerprint density at radius 1 is 1.14 bits per heavy atom. The van der Waals surface area contributed by atoms with E-state index in [1.54, 1.807) is 0 Å². The highest BCUT2D eigenvalue weighted by Gasteiger charge is 2.14. The van der Waals surface area contributed by atoms with Gasteiger partial charge in [-0.15, -0.1) is 0 Å². The van der Waals surface area contributed by atoms with Crippen LogP contribution in [0.2, 0.25) is 0 Å². The van der Waals surface area contributed by atoms with E-state index in [4.69, 9.17) is 9.52 Å². The number of fused-ring (bicyclic) bond motifs is 1. The molecule has 5 nitrogen and oxygen atoms in total. The fraction of sp³-hybridized carbons (Fsp3) is 0. The molecule has 72 valence electrons. The largest absolute Gasteiger partial charge is 0.504 e. The number of rotatable bonds is 0. The SMILES string of the molecule is O=c1ccoc2c(O)cc(O)c(O)c12. The number of phenols is 3. The van der Waals surface area contributed by atoms with Crippen molar-refractivity contribution in [3.8, 4) is 17.2 Å². The molecule has 0 bridgehead atoms. The van der Waals surface area contributed by atoms with Gasteiger partial charge in [-0.2, -0.15) is 0 Å². The highest BCUT2D eigenvalue weighted by molar-refractivity contribution is 5.90. The lowest BCUT2D eigenvalue weighted by molar-refractivity contribution is 0.398. The molecule has 0 unspecified atom stereocenters. The maximum atomic E-state index is 11.3. The lowest BCUT2D eigenvalue weighted by atomic mass is 10.2. The Kier molecular flexibility index (Phi) is 1.60. The third-order valence-corrected chi connectivity index (χ3v) is 1.86. The van der Waals surface area contributed by atoms with Crippen molar-refractivity contribution in [2.24, 2.45) is 0 Å². The third kappa shape index (κ3) is 0.990. The van der Waals surface area contributed by atoms with Gasteiger partial charge >= 0.3 is 0 Å². The summed E-state index contributed by atoms with van der Waals surface area (Å²) in [7, 11) is 0. The molecular weight excluding hydrogens is 188 g/mol. The van der Waals surface area contributed by atoms with Crippen LogP contribution in [0.3, 0.4) is 0 Å². The van der Waals surface area contributed by atoms with Gasteiger partial charge in [0, 0.05) is 12.1 Å². The second-order valence-corrected chi connectivity index (χ2v) is 2.75. The number of aromatic hydroxyl groups is 3. The van der Waals surface area contributed by atoms with E-state index < -0.39 is 22.7 Å². The minimum Gasteiger partial charge on any atom is -0.504 e. The maximum Gasteiger partial charge on any atom is 0.196 e. The predicted octanol–water partition coefficient (Wildman–Crippen LogP) is 0.910. The molecule has 0 saturated carbocycles. The summed E-state index contributed by atoms with van der Waals surface area (Å²) < 4.78 is 4.84. The van der Waals surface area contributed by atoms with Crippen molar-refractivity contribution < 1.29 is 19.7 Å². The van der Waals surface area contributed by atoms with Gasteiger partial charge in [0.2, 0.25) is 0 Å². The first-order valence-corrected chi connectivity index (χ1v) is 3.76. The molecule has 1 aromatic heterocycles. The summed E-state index contributed by atoms with van der Waals surface area (Å²) in [6, 6.07) is 1.99. The van der Waals surface area contributed by atoms with Crippen LogP contribution in [0.1, 0.15) is 0 Å². The zero-order valence-electron chi connectivity index (χ0n) is 6.89. The number of hydrogen-bond donors (Lipinski definition) is 3. The summed E-state index contributed by atoms with van der Waals surface area (Å²) >= 11 is 0. The molecule has 2 aromatic rings. The van der Waals surface area contributed by atoms with E-state index in [1.165, 1.54) is 0 Å². The summed E-state index contributed by atoms with van der Waals surface area (Å²) in [4.78, 5) is 11.3. The Hall–Kier alpha value is -2.17. The third-order valence-electron chi connectivity index (χ3n) is 1.86. The first-order chi connectivity index (χ1) is 6.61. The number of phenolic OH excluding ortho intramolecular Hbond substituents is 3. The number of hydrogen-bond acceptors (Lipinski definition) is 5. The minimum absolute atomic E-state index is 0.146. The molecule has 14 heavy (non-hydrogen) atoms. The zero-order chi connectivity index (χ0) is 10.3. The first-order valence-electron chi connectivity index (χ1n) is 3.76. The van der Waals surface area contributed by atoms with E-state index in [1.807, 2.05) is 0 Å². The quantitative estimate of drug-likeness (QED) is 0.428. The Bertz CT molecular complexity index is 555. The molecule has 0 spiro atoms. The number of benzene rings is 1. The van der Waals surface area contributed by atoms with E-state index in [0.717, 1.165) is 18.4 Å². The van der Waals surface area contributed by atoms with Gasteiger partial charge in [-0.3, -0.25) is 4.79 Å². The van der Waals surface area contributed by atoms with Gasteiger partial charge in [-0.05, 0) is 0 Å². The molecule has 1 heterocycles. The van der Waals surface area contributed by atoms with E-state index in [9.17, 15) is 15.0 Å². The molecule has 0 aliphatic heterocycles. The lowest BCUT2D eigenvalue weighted by Crippen LogP contribution is -1.98. The molecule has 3 N–H and O–H groups in total. The highest BCUT2D eigenvalue weighted by Crippen LogP contribution is 2.37. The van der Waals surface area contributed by atoms with E-state index in [-0.39, 0.29) is 11.0 Å². The molecule has 5 heteroatoms. The Morgan fingerprint density at radius 3 is 2.57 bits per heavy atom. The van der Waals surface area contributed by atoms with Crippen LogP contribution in [-0.4, -0.2) is 15.3 Å². The predicted molar refractivity (Wildman–Crippen MR) is 47.5 cm³/mol. The standard InChI is InChI=1S/C9H6O5/c10-4-1-2-14-9-6(12)3-5(11)8(13)7(4)9/h1-3,11-13H. The molecular formula is C9H6O5. The van der Waals surface area contributed by atoms with Crippen LogP contribution in [0, 0.1) is 0 Å². The molecule has 0 amide bonds. The second-order valence-electron chi connectivity index (χ2n) is 2.75. The van der Waals surface area contributed by atoms with Gasteiger partial charge in [-0.1, -0.05) is 0 Å². The van der Waals surface area contributed by atoms with E-state index in [0.29, 0.717) is 0 Å². The van der Waals surface area contributed by atoms with Crippen molar-refractivity contribution in [2.75, 3.05) is 0 Å². The molecule has 2 rings (SSSR count). The van der Waals surface area contributed by atoms with Crippen LogP contribution in [0.4, 0.5) is 0 Å². The summed E-state index contributed by atoms with van der Waals surface area (Å²) in [6.07, 6.45) is 1.10. The van der Waals surface area contributed by atoms with Crippen LogP contribution in [0.25, 0.3) is 11.0 Å². The first kappa shape index (κ1) is 8.43. The van der Waals surface area contributed by atoms with Crippen molar-refractivity contribution >= 4 is 11.0 Å². The van der Waals surface area contributed by atoms with Crippen LogP contribution >= 0.6 is 0 Å². The zero-order valence-corrected chi connectivity index (χ0v) is 6.89. The average molecular weight is 194 g/mol. The van der Waals surface area contributed by atoms with Crippen molar-refractivity contribution in [2.45, 2.75) is 0 Å². The van der Waals surface area contributed by atoms with E-state index in [2.05, 4.69) is 0 Å². The molecule has 0 saturated heterocycles. The fourth-order valence-electron chi connectivity index (χ4n) is 1.22. The molecule has 0 aliphatic carbocycles. The summed E-state index contributed by atoms with van der Waals surface area (Å²) in [5.41, 5.74) is -0.678.